The molecule has 2 aromatic rings. The van der Waals surface area contributed by atoms with E-state index in [1.54, 1.807) is 34.6 Å². The van der Waals surface area contributed by atoms with Crippen molar-refractivity contribution >= 4 is 45.6 Å². The van der Waals surface area contributed by atoms with E-state index in [0.29, 0.717) is 5.56 Å². The number of hydrogen-bond donors (Lipinski definition) is 0. The first-order valence-corrected chi connectivity index (χ1v) is 10.0. The van der Waals surface area contributed by atoms with Crippen LogP contribution in [0.4, 0.5) is 4.79 Å². The van der Waals surface area contributed by atoms with Gasteiger partial charge in [0.1, 0.15) is 15.4 Å². The Balaban J connectivity index is 2.90. The van der Waals surface area contributed by atoms with Gasteiger partial charge in [0.2, 0.25) is 0 Å². The second-order valence-corrected chi connectivity index (χ2v) is 6.65. The van der Waals surface area contributed by atoms with Gasteiger partial charge in [-0.05, 0) is 40.2 Å². The predicted octanol–water partition coefficient (Wildman–Crippen LogP) is 3.55. The molecule has 2 heterocycles. The molecule has 0 atom stereocenters. The number of aromatic nitrogens is 1. The van der Waals surface area contributed by atoms with Gasteiger partial charge in [0.25, 0.3) is 0 Å². The van der Waals surface area contributed by atoms with Gasteiger partial charge in [-0.1, -0.05) is 0 Å². The fraction of sp³-hybridized carbons (Fsp3) is 0.474. The molecule has 2 rings (SSSR count). The maximum atomic E-state index is 12.6. The van der Waals surface area contributed by atoms with E-state index in [1.807, 2.05) is 0 Å². The zero-order valence-corrected chi connectivity index (χ0v) is 17.8. The number of hydrogen-bond acceptors (Lipinski definition) is 9. The quantitative estimate of drug-likeness (QED) is 0.489. The molecular weight excluding hydrogens is 402 g/mol. The van der Waals surface area contributed by atoms with Gasteiger partial charge in [-0.25, -0.2) is 23.7 Å². The first-order valence-electron chi connectivity index (χ1n) is 9.20. The number of thiophene rings is 1. The summed E-state index contributed by atoms with van der Waals surface area (Å²) in [7, 11) is 0. The number of rotatable bonds is 7. The summed E-state index contributed by atoms with van der Waals surface area (Å²) in [4.78, 5) is 50.4. The summed E-state index contributed by atoms with van der Waals surface area (Å²) in [5.74, 6) is -2.21. The van der Waals surface area contributed by atoms with Crippen molar-refractivity contribution in [1.29, 1.82) is 0 Å². The highest BCUT2D eigenvalue weighted by atomic mass is 32.1. The van der Waals surface area contributed by atoms with Crippen LogP contribution in [0, 0.1) is 6.92 Å². The molecule has 0 N–H and O–H groups in total. The Morgan fingerprint density at radius 2 is 1.31 bits per heavy atom. The summed E-state index contributed by atoms with van der Waals surface area (Å²) in [6.07, 6.45) is -0.819. The Morgan fingerprint density at radius 3 is 1.86 bits per heavy atom. The minimum atomic E-state index is -0.819. The molecular formula is C19H23NO8S. The summed E-state index contributed by atoms with van der Waals surface area (Å²) in [5, 5.41) is 0.257. The number of carbonyl (C=O) groups is 4. The number of fused-ring (bicyclic) bond motifs is 1. The van der Waals surface area contributed by atoms with Crippen molar-refractivity contribution < 1.29 is 38.1 Å². The number of aryl methyl sites for hydroxylation is 1. The van der Waals surface area contributed by atoms with Gasteiger partial charge in [-0.15, -0.1) is 11.3 Å². The molecule has 0 bridgehead atoms. The zero-order valence-electron chi connectivity index (χ0n) is 16.9. The number of nitrogens with zero attached hydrogens (tertiary/aromatic N) is 1. The molecule has 0 saturated heterocycles. The molecule has 9 nitrogen and oxygen atoms in total. The molecule has 10 heteroatoms. The van der Waals surface area contributed by atoms with Gasteiger partial charge in [0.15, 0.2) is 0 Å². The SMILES string of the molecule is CCOC(=O)c1sc2c(c(C)c(C(=O)OCC)n2C(=O)OCC)c1C(=O)OCC. The summed E-state index contributed by atoms with van der Waals surface area (Å²) in [5.41, 5.74) is 0.199. The van der Waals surface area contributed by atoms with Crippen LogP contribution < -0.4 is 0 Å². The smallest absolute Gasteiger partial charge is 0.419 e. The molecule has 0 radical (unpaired) electrons. The van der Waals surface area contributed by atoms with E-state index in [4.69, 9.17) is 18.9 Å². The van der Waals surface area contributed by atoms with Crippen molar-refractivity contribution in [3.63, 3.8) is 0 Å². The van der Waals surface area contributed by atoms with Gasteiger partial charge in [0, 0.05) is 5.39 Å². The van der Waals surface area contributed by atoms with Gasteiger partial charge in [-0.2, -0.15) is 0 Å². The lowest BCUT2D eigenvalue weighted by molar-refractivity contribution is 0.0485. The van der Waals surface area contributed by atoms with Crippen molar-refractivity contribution in [2.75, 3.05) is 26.4 Å². The minimum absolute atomic E-state index is 0.00754. The topological polar surface area (TPSA) is 110 Å². The van der Waals surface area contributed by atoms with E-state index >= 15 is 0 Å². The van der Waals surface area contributed by atoms with Gasteiger partial charge < -0.3 is 18.9 Å². The average molecular weight is 425 g/mol. The van der Waals surface area contributed by atoms with Gasteiger partial charge >= 0.3 is 24.0 Å². The first-order chi connectivity index (χ1) is 13.8. The normalized spacial score (nSPS) is 10.7. The lowest BCUT2D eigenvalue weighted by Crippen LogP contribution is -2.20. The van der Waals surface area contributed by atoms with Crippen LogP contribution >= 0.6 is 11.3 Å². The van der Waals surface area contributed by atoms with E-state index in [2.05, 4.69) is 0 Å². The second kappa shape index (κ2) is 9.55. The molecule has 0 aromatic carbocycles. The van der Waals surface area contributed by atoms with E-state index < -0.39 is 24.0 Å². The lowest BCUT2D eigenvalue weighted by atomic mass is 10.1. The standard InChI is InChI=1S/C19H23NO8S/c1-6-25-16(21)12-11-10(5)13(17(22)26-7-2)20(19(24)28-9-4)15(11)29-14(12)18(23)27-8-3/h6-9H2,1-5H3. The van der Waals surface area contributed by atoms with Gasteiger partial charge in [0.05, 0.1) is 32.0 Å². The third-order valence-electron chi connectivity index (χ3n) is 3.91. The fourth-order valence-electron chi connectivity index (χ4n) is 2.86. The zero-order chi connectivity index (χ0) is 21.7. The van der Waals surface area contributed by atoms with Crippen LogP contribution in [0.25, 0.3) is 10.2 Å². The molecule has 0 saturated carbocycles. The molecule has 0 spiro atoms. The van der Waals surface area contributed by atoms with E-state index in [9.17, 15) is 19.2 Å². The number of esters is 3. The Bertz CT molecular complexity index is 939. The third-order valence-corrected chi connectivity index (χ3v) is 5.06. The molecule has 0 aliphatic rings. The Hall–Kier alpha value is -2.88. The van der Waals surface area contributed by atoms with Crippen LogP contribution in [0.1, 0.15) is 63.8 Å². The highest BCUT2D eigenvalue weighted by molar-refractivity contribution is 7.21. The second-order valence-electron chi connectivity index (χ2n) is 5.66. The molecule has 158 valence electrons. The summed E-state index contributed by atoms with van der Waals surface area (Å²) in [6.45, 7) is 8.45. The highest BCUT2D eigenvalue weighted by Crippen LogP contribution is 2.39. The summed E-state index contributed by atoms with van der Waals surface area (Å²) in [6, 6.07) is 0. The van der Waals surface area contributed by atoms with Crippen molar-refractivity contribution in [3.8, 4) is 0 Å². The molecule has 0 fully saturated rings. The van der Waals surface area contributed by atoms with Crippen LogP contribution in [-0.4, -0.2) is 55.0 Å². The van der Waals surface area contributed by atoms with Crippen LogP contribution in [0.2, 0.25) is 0 Å². The van der Waals surface area contributed by atoms with E-state index in [0.717, 1.165) is 15.9 Å². The van der Waals surface area contributed by atoms with Crippen molar-refractivity contribution in [2.45, 2.75) is 34.6 Å². The summed E-state index contributed by atoms with van der Waals surface area (Å²) >= 11 is 0.856. The monoisotopic (exact) mass is 425 g/mol. The van der Waals surface area contributed by atoms with E-state index in [-0.39, 0.29) is 52.8 Å². The van der Waals surface area contributed by atoms with Crippen LogP contribution in [0.15, 0.2) is 0 Å². The lowest BCUT2D eigenvalue weighted by Gasteiger charge is -2.09. The van der Waals surface area contributed by atoms with Crippen molar-refractivity contribution in [3.05, 3.63) is 21.7 Å². The molecule has 0 unspecified atom stereocenters. The third kappa shape index (κ3) is 4.12. The maximum Gasteiger partial charge on any atom is 0.419 e. The van der Waals surface area contributed by atoms with Crippen LogP contribution in [0.3, 0.4) is 0 Å². The van der Waals surface area contributed by atoms with Crippen LogP contribution in [-0.2, 0) is 18.9 Å². The Kier molecular flexibility index (Phi) is 7.38. The minimum Gasteiger partial charge on any atom is -0.462 e. The van der Waals surface area contributed by atoms with Crippen molar-refractivity contribution in [1.82, 2.24) is 4.57 Å². The first kappa shape index (κ1) is 22.4. The van der Waals surface area contributed by atoms with E-state index in [1.165, 1.54) is 0 Å². The fourth-order valence-corrected chi connectivity index (χ4v) is 4.09. The number of carbonyl (C=O) groups excluding carboxylic acids is 4. The van der Waals surface area contributed by atoms with Crippen LogP contribution in [0.5, 0.6) is 0 Å². The number of ether oxygens (including phenoxy) is 4. The molecule has 0 amide bonds. The average Bonchev–Trinajstić information content (AvgIpc) is 3.18. The molecule has 0 aliphatic carbocycles. The van der Waals surface area contributed by atoms with Crippen molar-refractivity contribution in [2.24, 2.45) is 0 Å². The largest absolute Gasteiger partial charge is 0.462 e. The Morgan fingerprint density at radius 1 is 0.793 bits per heavy atom. The highest BCUT2D eigenvalue weighted by Gasteiger charge is 2.35. The summed E-state index contributed by atoms with van der Waals surface area (Å²) < 4.78 is 21.3. The Labute approximate surface area is 171 Å². The molecule has 2 aromatic heterocycles. The predicted molar refractivity (Wildman–Crippen MR) is 105 cm³/mol. The maximum absolute atomic E-state index is 12.6. The molecule has 0 aliphatic heterocycles. The molecule has 29 heavy (non-hydrogen) atoms. The van der Waals surface area contributed by atoms with Gasteiger partial charge in [-0.3, -0.25) is 0 Å².